The van der Waals surface area contributed by atoms with Crippen molar-refractivity contribution in [2.24, 2.45) is 11.8 Å². The molecule has 2 fully saturated rings. The van der Waals surface area contributed by atoms with Gasteiger partial charge in [-0.15, -0.1) is 0 Å². The molecule has 2 atom stereocenters. The van der Waals surface area contributed by atoms with Crippen molar-refractivity contribution in [3.8, 4) is 0 Å². The van der Waals surface area contributed by atoms with Crippen LogP contribution in [0.2, 0.25) is 0 Å². The molecule has 0 aromatic heterocycles. The van der Waals surface area contributed by atoms with Crippen molar-refractivity contribution in [3.63, 3.8) is 0 Å². The lowest BCUT2D eigenvalue weighted by Gasteiger charge is -2.36. The zero-order chi connectivity index (χ0) is 9.10. The highest BCUT2D eigenvalue weighted by molar-refractivity contribution is 7.81. The van der Waals surface area contributed by atoms with Crippen LogP contribution in [0.5, 0.6) is 0 Å². The van der Waals surface area contributed by atoms with Crippen molar-refractivity contribution in [1.82, 2.24) is 0 Å². The van der Waals surface area contributed by atoms with Crippen LogP contribution < -0.4 is 0 Å². The Bertz CT molecular complexity index is 149. The highest BCUT2D eigenvalue weighted by atomic mass is 32.1. The van der Waals surface area contributed by atoms with Gasteiger partial charge in [-0.1, -0.05) is 44.9 Å². The molecule has 0 heterocycles. The van der Waals surface area contributed by atoms with Gasteiger partial charge in [-0.3, -0.25) is 0 Å². The van der Waals surface area contributed by atoms with E-state index < -0.39 is 0 Å². The first kappa shape index (κ1) is 9.89. The van der Waals surface area contributed by atoms with Gasteiger partial charge in [-0.25, -0.2) is 0 Å². The summed E-state index contributed by atoms with van der Waals surface area (Å²) < 4.78 is 0. The van der Waals surface area contributed by atoms with Gasteiger partial charge < -0.3 is 0 Å². The molecule has 76 valence electrons. The molecule has 0 spiro atoms. The number of rotatable bonds is 1. The van der Waals surface area contributed by atoms with Crippen LogP contribution in [0, 0.1) is 11.8 Å². The molecule has 0 amide bonds. The van der Waals surface area contributed by atoms with E-state index in [2.05, 4.69) is 0 Å². The van der Waals surface area contributed by atoms with Crippen molar-refractivity contribution in [1.29, 1.82) is 0 Å². The Labute approximate surface area is 87.9 Å². The van der Waals surface area contributed by atoms with Crippen molar-refractivity contribution < 1.29 is 0 Å². The SMILES string of the molecule is SC1CCCCC1C1CCCCC1. The first-order valence-corrected chi connectivity index (χ1v) is 6.57. The minimum absolute atomic E-state index is 0.733. The van der Waals surface area contributed by atoms with Crippen LogP contribution in [0.3, 0.4) is 0 Å². The zero-order valence-electron chi connectivity index (χ0n) is 8.54. The monoisotopic (exact) mass is 198 g/mol. The third kappa shape index (κ3) is 2.43. The maximum atomic E-state index is 4.77. The van der Waals surface area contributed by atoms with Gasteiger partial charge in [0.25, 0.3) is 0 Å². The summed E-state index contributed by atoms with van der Waals surface area (Å²) in [5.74, 6) is 2.01. The van der Waals surface area contributed by atoms with Gasteiger partial charge >= 0.3 is 0 Å². The second-order valence-corrected chi connectivity index (χ2v) is 5.58. The summed E-state index contributed by atoms with van der Waals surface area (Å²) in [6.07, 6.45) is 13.2. The molecule has 0 N–H and O–H groups in total. The molecule has 0 saturated heterocycles. The van der Waals surface area contributed by atoms with Crippen molar-refractivity contribution in [2.45, 2.75) is 63.0 Å². The summed E-state index contributed by atoms with van der Waals surface area (Å²) >= 11 is 4.77. The normalized spacial score (nSPS) is 37.6. The van der Waals surface area contributed by atoms with Crippen molar-refractivity contribution >= 4 is 12.6 Å². The largest absolute Gasteiger partial charge is 0.176 e. The van der Waals surface area contributed by atoms with E-state index in [-0.39, 0.29) is 0 Å². The quantitative estimate of drug-likeness (QED) is 0.604. The second kappa shape index (κ2) is 4.72. The Balaban J connectivity index is 1.88. The van der Waals surface area contributed by atoms with Gasteiger partial charge in [-0.05, 0) is 24.7 Å². The molecule has 2 unspecified atom stereocenters. The third-order valence-electron chi connectivity index (χ3n) is 4.04. The van der Waals surface area contributed by atoms with E-state index in [9.17, 15) is 0 Å². The van der Waals surface area contributed by atoms with Crippen molar-refractivity contribution in [3.05, 3.63) is 0 Å². The molecule has 1 heteroatoms. The fraction of sp³-hybridized carbons (Fsp3) is 1.00. The lowest BCUT2D eigenvalue weighted by molar-refractivity contribution is 0.203. The fourth-order valence-corrected chi connectivity index (χ4v) is 3.83. The smallest absolute Gasteiger partial charge is 0.00477 e. The molecule has 0 bridgehead atoms. The van der Waals surface area contributed by atoms with Crippen LogP contribution in [-0.2, 0) is 0 Å². The van der Waals surface area contributed by atoms with E-state index in [1.54, 1.807) is 0 Å². The van der Waals surface area contributed by atoms with E-state index >= 15 is 0 Å². The van der Waals surface area contributed by atoms with Crippen LogP contribution in [0.15, 0.2) is 0 Å². The Morgan fingerprint density at radius 3 is 2.00 bits per heavy atom. The third-order valence-corrected chi connectivity index (χ3v) is 4.68. The molecular weight excluding hydrogens is 176 g/mol. The summed E-state index contributed by atoms with van der Waals surface area (Å²) in [7, 11) is 0. The van der Waals surface area contributed by atoms with Gasteiger partial charge in [0.15, 0.2) is 0 Å². The first-order chi connectivity index (χ1) is 6.38. The van der Waals surface area contributed by atoms with Gasteiger partial charge in [0.1, 0.15) is 0 Å². The average molecular weight is 198 g/mol. The van der Waals surface area contributed by atoms with Crippen LogP contribution in [-0.4, -0.2) is 5.25 Å². The molecule has 2 aliphatic rings. The average Bonchev–Trinajstić information content (AvgIpc) is 2.20. The minimum Gasteiger partial charge on any atom is -0.176 e. The van der Waals surface area contributed by atoms with Gasteiger partial charge in [0, 0.05) is 5.25 Å². The Hall–Kier alpha value is 0.350. The molecule has 0 aromatic carbocycles. The number of hydrogen-bond donors (Lipinski definition) is 1. The van der Waals surface area contributed by atoms with Crippen LogP contribution in [0.1, 0.15) is 57.8 Å². The molecule has 2 saturated carbocycles. The standard InChI is InChI=1S/C12H22S/c13-12-9-5-4-8-11(12)10-6-2-1-3-7-10/h10-13H,1-9H2. The van der Waals surface area contributed by atoms with E-state index in [0.29, 0.717) is 0 Å². The van der Waals surface area contributed by atoms with Gasteiger partial charge in [-0.2, -0.15) is 12.6 Å². The summed E-state index contributed by atoms with van der Waals surface area (Å²) in [6, 6.07) is 0. The molecule has 13 heavy (non-hydrogen) atoms. The lowest BCUT2D eigenvalue weighted by Crippen LogP contribution is -2.28. The first-order valence-electron chi connectivity index (χ1n) is 6.06. The van der Waals surface area contributed by atoms with E-state index in [1.807, 2.05) is 0 Å². The van der Waals surface area contributed by atoms with E-state index in [0.717, 1.165) is 17.1 Å². The Morgan fingerprint density at radius 2 is 1.31 bits per heavy atom. The lowest BCUT2D eigenvalue weighted by atomic mass is 9.73. The predicted octanol–water partition coefficient (Wildman–Crippen LogP) is 4.06. The second-order valence-electron chi connectivity index (χ2n) is 4.91. The molecule has 2 rings (SSSR count). The molecule has 0 aromatic rings. The predicted molar refractivity (Wildman–Crippen MR) is 61.3 cm³/mol. The highest BCUT2D eigenvalue weighted by Crippen LogP contribution is 2.40. The fourth-order valence-electron chi connectivity index (χ4n) is 3.25. The van der Waals surface area contributed by atoms with Crippen molar-refractivity contribution in [2.75, 3.05) is 0 Å². The Kier molecular flexibility index (Phi) is 3.59. The zero-order valence-corrected chi connectivity index (χ0v) is 9.44. The summed E-state index contributed by atoms with van der Waals surface area (Å²) in [6.45, 7) is 0. The summed E-state index contributed by atoms with van der Waals surface area (Å²) in [5.41, 5.74) is 0. The van der Waals surface area contributed by atoms with Gasteiger partial charge in [0.05, 0.1) is 0 Å². The van der Waals surface area contributed by atoms with Crippen LogP contribution in [0.4, 0.5) is 0 Å². The molecule has 0 aliphatic heterocycles. The van der Waals surface area contributed by atoms with E-state index in [4.69, 9.17) is 12.6 Å². The van der Waals surface area contributed by atoms with Crippen LogP contribution in [0.25, 0.3) is 0 Å². The summed E-state index contributed by atoms with van der Waals surface area (Å²) in [4.78, 5) is 0. The molecule has 0 nitrogen and oxygen atoms in total. The van der Waals surface area contributed by atoms with E-state index in [1.165, 1.54) is 57.8 Å². The Morgan fingerprint density at radius 1 is 0.692 bits per heavy atom. The van der Waals surface area contributed by atoms with Crippen LogP contribution >= 0.6 is 12.6 Å². The molecule has 0 radical (unpaired) electrons. The number of thiol groups is 1. The maximum Gasteiger partial charge on any atom is 0.00477 e. The molecular formula is C12H22S. The maximum absolute atomic E-state index is 4.77. The summed E-state index contributed by atoms with van der Waals surface area (Å²) in [5, 5.41) is 0.733. The topological polar surface area (TPSA) is 0 Å². The molecule has 2 aliphatic carbocycles. The highest BCUT2D eigenvalue weighted by Gasteiger charge is 2.30. The number of hydrogen-bond acceptors (Lipinski definition) is 1. The van der Waals surface area contributed by atoms with Gasteiger partial charge in [0.2, 0.25) is 0 Å². The minimum atomic E-state index is 0.733.